The molecule has 0 saturated heterocycles. The van der Waals surface area contributed by atoms with Crippen molar-refractivity contribution >= 4 is 29.1 Å². The summed E-state index contributed by atoms with van der Waals surface area (Å²) in [6.45, 7) is 3.51. The fourth-order valence-electron chi connectivity index (χ4n) is 2.22. The van der Waals surface area contributed by atoms with Crippen molar-refractivity contribution in [2.45, 2.75) is 13.3 Å². The van der Waals surface area contributed by atoms with E-state index in [9.17, 15) is 9.59 Å². The van der Waals surface area contributed by atoms with Crippen molar-refractivity contribution in [2.75, 3.05) is 19.8 Å². The molecule has 28 heavy (non-hydrogen) atoms. The smallest absolute Gasteiger partial charge is 0.257 e. The number of hydrogen-bond acceptors (Lipinski definition) is 5. The molecule has 0 aliphatic rings. The van der Waals surface area contributed by atoms with Gasteiger partial charge in [-0.05, 0) is 49.0 Å². The first-order valence-corrected chi connectivity index (χ1v) is 9.24. The molecule has 2 aromatic carbocycles. The van der Waals surface area contributed by atoms with Gasteiger partial charge in [-0.2, -0.15) is 0 Å². The molecule has 0 aliphatic carbocycles. The average Bonchev–Trinajstić information content (AvgIpc) is 2.71. The molecule has 0 aliphatic heterocycles. The van der Waals surface area contributed by atoms with Gasteiger partial charge in [0.15, 0.2) is 5.11 Å². The maximum Gasteiger partial charge on any atom is 0.257 e. The maximum atomic E-state index is 12.2. The highest BCUT2D eigenvalue weighted by Crippen LogP contribution is 2.12. The van der Waals surface area contributed by atoms with Gasteiger partial charge in [0, 0.05) is 12.2 Å². The zero-order chi connectivity index (χ0) is 20.2. The van der Waals surface area contributed by atoms with Crippen LogP contribution in [0.1, 0.15) is 22.8 Å². The number of carbonyl (C=O) groups is 2. The van der Waals surface area contributed by atoms with Gasteiger partial charge < -0.3 is 9.47 Å². The average molecular weight is 401 g/mol. The van der Waals surface area contributed by atoms with Crippen molar-refractivity contribution in [2.24, 2.45) is 0 Å². The highest BCUT2D eigenvalue weighted by molar-refractivity contribution is 7.80. The summed E-state index contributed by atoms with van der Waals surface area (Å²) in [7, 11) is 0. The molecule has 8 heteroatoms. The van der Waals surface area contributed by atoms with Crippen LogP contribution in [0.3, 0.4) is 0 Å². The van der Waals surface area contributed by atoms with Gasteiger partial charge >= 0.3 is 0 Å². The molecule has 0 aromatic heterocycles. The summed E-state index contributed by atoms with van der Waals surface area (Å²) in [6.07, 6.45) is 0.204. The normalized spacial score (nSPS) is 10.0. The minimum atomic E-state index is -0.393. The van der Waals surface area contributed by atoms with Gasteiger partial charge in [-0.3, -0.25) is 25.8 Å². The predicted octanol–water partition coefficient (Wildman–Crippen LogP) is 1.98. The second-order valence-electron chi connectivity index (χ2n) is 5.69. The van der Waals surface area contributed by atoms with E-state index < -0.39 is 5.91 Å². The lowest BCUT2D eigenvalue weighted by atomic mass is 10.1. The zero-order valence-electron chi connectivity index (χ0n) is 15.6. The third-order valence-corrected chi connectivity index (χ3v) is 3.77. The van der Waals surface area contributed by atoms with Crippen LogP contribution in [0.5, 0.6) is 5.75 Å². The second kappa shape index (κ2) is 11.7. The maximum absolute atomic E-state index is 12.2. The molecule has 0 unspecified atom stereocenters. The summed E-state index contributed by atoms with van der Waals surface area (Å²) in [6, 6.07) is 15.9. The minimum absolute atomic E-state index is 0.00320. The number of rotatable bonds is 8. The van der Waals surface area contributed by atoms with Gasteiger partial charge in [-0.25, -0.2) is 0 Å². The molecular formula is C20H23N3O4S. The summed E-state index contributed by atoms with van der Waals surface area (Å²) < 4.78 is 10.7. The van der Waals surface area contributed by atoms with Crippen molar-refractivity contribution in [3.63, 3.8) is 0 Å². The molecule has 3 N–H and O–H groups in total. The van der Waals surface area contributed by atoms with E-state index >= 15 is 0 Å². The number of nitrogens with one attached hydrogen (secondary N) is 3. The minimum Gasteiger partial charge on any atom is -0.491 e. The van der Waals surface area contributed by atoms with E-state index in [0.717, 1.165) is 5.56 Å². The van der Waals surface area contributed by atoms with E-state index in [1.165, 1.54) is 0 Å². The molecule has 0 bridgehead atoms. The van der Waals surface area contributed by atoms with Gasteiger partial charge in [0.05, 0.1) is 13.0 Å². The topological polar surface area (TPSA) is 88.7 Å². The molecule has 0 radical (unpaired) electrons. The molecule has 2 aromatic rings. The quantitative estimate of drug-likeness (QED) is 0.356. The van der Waals surface area contributed by atoms with Crippen molar-refractivity contribution in [1.29, 1.82) is 0 Å². The number of ether oxygens (including phenoxy) is 2. The van der Waals surface area contributed by atoms with Crippen LogP contribution < -0.4 is 20.9 Å². The second-order valence-corrected chi connectivity index (χ2v) is 6.10. The van der Waals surface area contributed by atoms with E-state index in [2.05, 4.69) is 16.2 Å². The molecule has 0 heterocycles. The Hall–Kier alpha value is -2.97. The van der Waals surface area contributed by atoms with Crippen molar-refractivity contribution in [3.8, 4) is 5.75 Å². The molecule has 0 fully saturated rings. The first-order valence-electron chi connectivity index (χ1n) is 8.83. The van der Waals surface area contributed by atoms with Crippen LogP contribution in [0.25, 0.3) is 0 Å². The third kappa shape index (κ3) is 7.73. The molecule has 2 rings (SSSR count). The lowest BCUT2D eigenvalue weighted by Gasteiger charge is -2.11. The Morgan fingerprint density at radius 1 is 0.964 bits per heavy atom. The molecule has 148 valence electrons. The summed E-state index contributed by atoms with van der Waals surface area (Å²) in [4.78, 5) is 24.1. The number of hydrogen-bond donors (Lipinski definition) is 3. The Bertz CT molecular complexity index is 782. The van der Waals surface area contributed by atoms with Crippen LogP contribution in [0.2, 0.25) is 0 Å². The molecule has 0 atom stereocenters. The number of thiocarbonyl (C=S) groups is 1. The van der Waals surface area contributed by atoms with Crippen molar-refractivity contribution < 1.29 is 19.1 Å². The molecule has 2 amide bonds. The Kier molecular flexibility index (Phi) is 8.90. The molecular weight excluding hydrogens is 378 g/mol. The fraction of sp³-hybridized carbons (Fsp3) is 0.250. The Morgan fingerprint density at radius 3 is 2.36 bits per heavy atom. The Labute approximate surface area is 169 Å². The summed E-state index contributed by atoms with van der Waals surface area (Å²) >= 11 is 5.02. The van der Waals surface area contributed by atoms with Gasteiger partial charge in [0.2, 0.25) is 5.91 Å². The summed E-state index contributed by atoms with van der Waals surface area (Å²) in [5.41, 5.74) is 6.26. The number of hydrazine groups is 1. The standard InChI is InChI=1S/C20H23N3O4S/c1-2-26-12-13-27-17-10-8-16(9-11-17)19(25)21-20(28)23-22-18(24)14-15-6-4-3-5-7-15/h3-11H,2,12-14H2,1H3,(H,22,24)(H2,21,23,25,28). The lowest BCUT2D eigenvalue weighted by molar-refractivity contribution is -0.121. The first-order chi connectivity index (χ1) is 13.6. The molecule has 7 nitrogen and oxygen atoms in total. The Balaban J connectivity index is 1.72. The van der Waals surface area contributed by atoms with E-state index in [4.69, 9.17) is 21.7 Å². The Morgan fingerprint density at radius 2 is 1.68 bits per heavy atom. The highest BCUT2D eigenvalue weighted by atomic mass is 32.1. The van der Waals surface area contributed by atoms with E-state index in [-0.39, 0.29) is 17.4 Å². The highest BCUT2D eigenvalue weighted by Gasteiger charge is 2.09. The van der Waals surface area contributed by atoms with Gasteiger partial charge in [-0.1, -0.05) is 30.3 Å². The SMILES string of the molecule is CCOCCOc1ccc(C(=O)NC(=S)NNC(=O)Cc2ccccc2)cc1. The van der Waals surface area contributed by atoms with Gasteiger partial charge in [-0.15, -0.1) is 0 Å². The monoisotopic (exact) mass is 401 g/mol. The van der Waals surface area contributed by atoms with Crippen LogP contribution in [0, 0.1) is 0 Å². The largest absolute Gasteiger partial charge is 0.491 e. The third-order valence-electron chi connectivity index (χ3n) is 3.57. The van der Waals surface area contributed by atoms with Gasteiger partial charge in [0.1, 0.15) is 12.4 Å². The lowest BCUT2D eigenvalue weighted by Crippen LogP contribution is -2.48. The van der Waals surface area contributed by atoms with E-state index in [0.29, 0.717) is 31.1 Å². The first kappa shape index (κ1) is 21.3. The van der Waals surface area contributed by atoms with E-state index in [1.54, 1.807) is 24.3 Å². The van der Waals surface area contributed by atoms with Crippen LogP contribution in [-0.2, 0) is 16.0 Å². The van der Waals surface area contributed by atoms with Crippen LogP contribution in [-0.4, -0.2) is 36.7 Å². The molecule has 0 saturated carbocycles. The number of carbonyl (C=O) groups excluding carboxylic acids is 2. The molecule has 0 spiro atoms. The number of benzene rings is 2. The van der Waals surface area contributed by atoms with Crippen LogP contribution in [0.4, 0.5) is 0 Å². The predicted molar refractivity (Wildman–Crippen MR) is 110 cm³/mol. The summed E-state index contributed by atoms with van der Waals surface area (Å²) in [5.74, 6) is -0.0165. The fourth-order valence-corrected chi connectivity index (χ4v) is 2.37. The zero-order valence-corrected chi connectivity index (χ0v) is 16.4. The van der Waals surface area contributed by atoms with Crippen molar-refractivity contribution in [3.05, 3.63) is 65.7 Å². The van der Waals surface area contributed by atoms with Crippen LogP contribution in [0.15, 0.2) is 54.6 Å². The van der Waals surface area contributed by atoms with Crippen molar-refractivity contribution in [1.82, 2.24) is 16.2 Å². The number of amides is 2. The van der Waals surface area contributed by atoms with E-state index in [1.807, 2.05) is 37.3 Å². The van der Waals surface area contributed by atoms with Crippen LogP contribution >= 0.6 is 12.2 Å². The van der Waals surface area contributed by atoms with Gasteiger partial charge in [0.25, 0.3) is 5.91 Å². The summed E-state index contributed by atoms with van der Waals surface area (Å²) in [5, 5.41) is 2.50.